The predicted octanol–water partition coefficient (Wildman–Crippen LogP) is 1.57. The van der Waals surface area contributed by atoms with Crippen molar-refractivity contribution in [2.24, 2.45) is 7.05 Å². The first-order chi connectivity index (χ1) is 10.6. The average molecular weight is 303 g/mol. The maximum Gasteiger partial charge on any atom is 0.271 e. The van der Waals surface area contributed by atoms with Crippen molar-refractivity contribution < 1.29 is 9.47 Å². The van der Waals surface area contributed by atoms with E-state index in [4.69, 9.17) is 9.47 Å². The van der Waals surface area contributed by atoms with Gasteiger partial charge >= 0.3 is 0 Å². The molecule has 0 unspecified atom stereocenters. The molecule has 0 fully saturated rings. The second-order valence-corrected chi connectivity index (χ2v) is 4.83. The highest BCUT2D eigenvalue weighted by molar-refractivity contribution is 5.69. The van der Waals surface area contributed by atoms with Crippen LogP contribution in [-0.2, 0) is 13.6 Å². The molecule has 0 radical (unpaired) electrons. The molecular weight excluding hydrogens is 282 g/mol. The molecule has 2 aromatic rings. The maximum atomic E-state index is 12.1. The lowest BCUT2D eigenvalue weighted by Gasteiger charge is -2.12. The fourth-order valence-electron chi connectivity index (χ4n) is 2.20. The number of methoxy groups -OCH3 is 2. The summed E-state index contributed by atoms with van der Waals surface area (Å²) in [6.07, 6.45) is 0. The molecule has 0 amide bonds. The lowest BCUT2D eigenvalue weighted by atomic mass is 10.1. The summed E-state index contributed by atoms with van der Waals surface area (Å²) in [5, 5.41) is 7.50. The van der Waals surface area contributed by atoms with Crippen LogP contribution in [0.2, 0.25) is 0 Å². The summed E-state index contributed by atoms with van der Waals surface area (Å²) in [6.45, 7) is 3.30. The van der Waals surface area contributed by atoms with E-state index in [9.17, 15) is 4.79 Å². The van der Waals surface area contributed by atoms with E-state index in [2.05, 4.69) is 10.4 Å². The normalized spacial score (nSPS) is 10.5. The van der Waals surface area contributed by atoms with Gasteiger partial charge in [-0.25, -0.2) is 4.68 Å². The van der Waals surface area contributed by atoms with Crippen LogP contribution in [0, 0.1) is 0 Å². The van der Waals surface area contributed by atoms with Gasteiger partial charge in [-0.3, -0.25) is 4.79 Å². The van der Waals surface area contributed by atoms with E-state index >= 15 is 0 Å². The molecule has 0 atom stereocenters. The molecule has 0 saturated heterocycles. The second-order valence-electron chi connectivity index (χ2n) is 4.83. The smallest absolute Gasteiger partial charge is 0.271 e. The van der Waals surface area contributed by atoms with Gasteiger partial charge in [0.1, 0.15) is 11.5 Å². The summed E-state index contributed by atoms with van der Waals surface area (Å²) in [7, 11) is 4.86. The molecule has 6 heteroatoms. The fraction of sp³-hybridized carbons (Fsp3) is 0.375. The van der Waals surface area contributed by atoms with E-state index in [1.54, 1.807) is 27.3 Å². The van der Waals surface area contributed by atoms with Crippen molar-refractivity contribution in [1.82, 2.24) is 15.1 Å². The van der Waals surface area contributed by atoms with Gasteiger partial charge in [-0.05, 0) is 30.8 Å². The molecule has 2 rings (SSSR count). The van der Waals surface area contributed by atoms with Crippen molar-refractivity contribution in [1.29, 1.82) is 0 Å². The fourth-order valence-corrected chi connectivity index (χ4v) is 2.20. The van der Waals surface area contributed by atoms with Crippen LogP contribution in [0.3, 0.4) is 0 Å². The van der Waals surface area contributed by atoms with Gasteiger partial charge in [0, 0.05) is 24.7 Å². The van der Waals surface area contributed by atoms with Gasteiger partial charge in [0.15, 0.2) is 0 Å². The minimum Gasteiger partial charge on any atom is -0.497 e. The van der Waals surface area contributed by atoms with Crippen LogP contribution >= 0.6 is 0 Å². The van der Waals surface area contributed by atoms with Gasteiger partial charge in [0.25, 0.3) is 5.56 Å². The van der Waals surface area contributed by atoms with E-state index in [-0.39, 0.29) is 5.56 Å². The Labute approximate surface area is 129 Å². The summed E-state index contributed by atoms with van der Waals surface area (Å²) in [4.78, 5) is 12.1. The predicted molar refractivity (Wildman–Crippen MR) is 85.4 cm³/mol. The number of ether oxygens (including phenoxy) is 2. The zero-order valence-electron chi connectivity index (χ0n) is 13.3. The number of nitrogens with zero attached hydrogens (tertiary/aromatic N) is 2. The molecule has 1 heterocycles. The third-order valence-corrected chi connectivity index (χ3v) is 3.39. The number of benzene rings is 1. The SMILES string of the molecule is CCNCc1cc(-c2cc(OC)ccc2OC)nn(C)c1=O. The molecular formula is C16H21N3O3. The minimum absolute atomic E-state index is 0.105. The first kappa shape index (κ1) is 16.0. The lowest BCUT2D eigenvalue weighted by Crippen LogP contribution is -2.27. The first-order valence-corrected chi connectivity index (χ1v) is 7.11. The Morgan fingerprint density at radius 1 is 1.23 bits per heavy atom. The van der Waals surface area contributed by atoms with Gasteiger partial charge < -0.3 is 14.8 Å². The van der Waals surface area contributed by atoms with Crippen molar-refractivity contribution in [2.45, 2.75) is 13.5 Å². The quantitative estimate of drug-likeness (QED) is 0.877. The average Bonchev–Trinajstić information content (AvgIpc) is 2.55. The molecule has 0 aliphatic rings. The highest BCUT2D eigenvalue weighted by atomic mass is 16.5. The van der Waals surface area contributed by atoms with Crippen molar-refractivity contribution in [2.75, 3.05) is 20.8 Å². The van der Waals surface area contributed by atoms with E-state index in [1.807, 2.05) is 25.1 Å². The van der Waals surface area contributed by atoms with Crippen LogP contribution in [0.4, 0.5) is 0 Å². The summed E-state index contributed by atoms with van der Waals surface area (Å²) < 4.78 is 12.0. The topological polar surface area (TPSA) is 65.4 Å². The molecule has 118 valence electrons. The van der Waals surface area contributed by atoms with Crippen LogP contribution in [0.1, 0.15) is 12.5 Å². The molecule has 1 aromatic heterocycles. The second kappa shape index (κ2) is 7.09. The van der Waals surface area contributed by atoms with Crippen molar-refractivity contribution in [3.05, 3.63) is 40.2 Å². The zero-order chi connectivity index (χ0) is 16.1. The van der Waals surface area contributed by atoms with Crippen LogP contribution < -0.4 is 20.3 Å². The molecule has 0 spiro atoms. The van der Waals surface area contributed by atoms with Gasteiger partial charge in [0.05, 0.1) is 19.9 Å². The van der Waals surface area contributed by atoms with E-state index in [0.29, 0.717) is 29.3 Å². The van der Waals surface area contributed by atoms with E-state index in [1.165, 1.54) is 4.68 Å². The monoisotopic (exact) mass is 303 g/mol. The molecule has 0 bridgehead atoms. The van der Waals surface area contributed by atoms with Gasteiger partial charge in [-0.2, -0.15) is 5.10 Å². The number of nitrogens with one attached hydrogen (secondary N) is 1. The van der Waals surface area contributed by atoms with Crippen molar-refractivity contribution in [3.63, 3.8) is 0 Å². The number of aromatic nitrogens is 2. The summed E-state index contributed by atoms with van der Waals surface area (Å²) in [5.74, 6) is 1.39. The molecule has 1 aromatic carbocycles. The molecule has 6 nitrogen and oxygen atoms in total. The van der Waals surface area contributed by atoms with E-state index < -0.39 is 0 Å². The van der Waals surface area contributed by atoms with Crippen LogP contribution in [-0.4, -0.2) is 30.5 Å². The van der Waals surface area contributed by atoms with Gasteiger partial charge in [-0.15, -0.1) is 0 Å². The number of hydrogen-bond acceptors (Lipinski definition) is 5. The summed E-state index contributed by atoms with van der Waals surface area (Å²) >= 11 is 0. The Balaban J connectivity index is 2.57. The van der Waals surface area contributed by atoms with Crippen LogP contribution in [0.5, 0.6) is 11.5 Å². The van der Waals surface area contributed by atoms with Crippen molar-refractivity contribution in [3.8, 4) is 22.8 Å². The van der Waals surface area contributed by atoms with Crippen LogP contribution in [0.25, 0.3) is 11.3 Å². The highest BCUT2D eigenvalue weighted by Crippen LogP contribution is 2.32. The summed E-state index contributed by atoms with van der Waals surface area (Å²) in [6, 6.07) is 7.29. The first-order valence-electron chi connectivity index (χ1n) is 7.11. The number of hydrogen-bond donors (Lipinski definition) is 1. The molecule has 1 N–H and O–H groups in total. The standard InChI is InChI=1S/C16H21N3O3/c1-5-17-10-11-8-14(18-19(2)16(11)20)13-9-12(21-3)6-7-15(13)22-4/h6-9,17H,5,10H2,1-4H3. The van der Waals surface area contributed by atoms with Gasteiger partial charge in [-0.1, -0.05) is 6.92 Å². The van der Waals surface area contributed by atoms with Crippen molar-refractivity contribution >= 4 is 0 Å². The molecule has 0 aliphatic heterocycles. The largest absolute Gasteiger partial charge is 0.497 e. The highest BCUT2D eigenvalue weighted by Gasteiger charge is 2.13. The Morgan fingerprint density at radius 2 is 2.00 bits per heavy atom. The third-order valence-electron chi connectivity index (χ3n) is 3.39. The number of aryl methyl sites for hydroxylation is 1. The summed E-state index contributed by atoms with van der Waals surface area (Å²) in [5.41, 5.74) is 2.02. The molecule has 0 saturated carbocycles. The Morgan fingerprint density at radius 3 is 2.64 bits per heavy atom. The lowest BCUT2D eigenvalue weighted by molar-refractivity contribution is 0.404. The molecule has 22 heavy (non-hydrogen) atoms. The minimum atomic E-state index is -0.105. The van der Waals surface area contributed by atoms with E-state index in [0.717, 1.165) is 12.1 Å². The number of rotatable bonds is 6. The third kappa shape index (κ3) is 3.28. The van der Waals surface area contributed by atoms with Gasteiger partial charge in [0.2, 0.25) is 0 Å². The zero-order valence-corrected chi connectivity index (χ0v) is 13.3. The Hall–Kier alpha value is -2.34. The maximum absolute atomic E-state index is 12.1. The van der Waals surface area contributed by atoms with Crippen LogP contribution in [0.15, 0.2) is 29.1 Å². The Bertz CT molecular complexity index is 710. The Kier molecular flexibility index (Phi) is 5.16. The molecule has 0 aliphatic carbocycles.